The Morgan fingerprint density at radius 1 is 1.48 bits per heavy atom. The molecule has 2 unspecified atom stereocenters. The van der Waals surface area contributed by atoms with E-state index < -0.39 is 0 Å². The Hall–Kier alpha value is -0.450. The second-order valence-corrected chi connectivity index (χ2v) is 7.52. The molecule has 1 fully saturated rings. The summed E-state index contributed by atoms with van der Waals surface area (Å²) in [7, 11) is 0. The molecule has 0 amide bonds. The molecule has 118 valence electrons. The average molecular weight is 357 g/mol. The first kappa shape index (κ1) is 16.9. The highest BCUT2D eigenvalue weighted by molar-refractivity contribution is 9.10. The molecule has 1 saturated heterocycles. The van der Waals surface area contributed by atoms with Crippen LogP contribution in [-0.2, 0) is 6.54 Å². The summed E-state index contributed by atoms with van der Waals surface area (Å²) in [5, 5.41) is 3.69. The van der Waals surface area contributed by atoms with Gasteiger partial charge in [0.1, 0.15) is 5.82 Å². The molecule has 0 spiro atoms. The van der Waals surface area contributed by atoms with E-state index in [2.05, 4.69) is 53.8 Å². The minimum absolute atomic E-state index is 0.144. The van der Waals surface area contributed by atoms with Gasteiger partial charge in [0.2, 0.25) is 0 Å². The predicted octanol–water partition coefficient (Wildman–Crippen LogP) is 4.19. The van der Waals surface area contributed by atoms with Gasteiger partial charge in [0, 0.05) is 31.2 Å². The van der Waals surface area contributed by atoms with Crippen LogP contribution in [0.4, 0.5) is 4.39 Å². The fraction of sp³-hybridized carbons (Fsp3) is 0.647. The molecule has 4 heteroatoms. The summed E-state index contributed by atoms with van der Waals surface area (Å²) in [6, 6.07) is 5.79. The van der Waals surface area contributed by atoms with Crippen molar-refractivity contribution in [3.05, 3.63) is 34.1 Å². The van der Waals surface area contributed by atoms with Crippen molar-refractivity contribution >= 4 is 15.9 Å². The first-order chi connectivity index (χ1) is 9.86. The van der Waals surface area contributed by atoms with Crippen LogP contribution < -0.4 is 5.32 Å². The van der Waals surface area contributed by atoms with E-state index in [1.807, 2.05) is 6.07 Å². The van der Waals surface area contributed by atoms with Crippen molar-refractivity contribution < 1.29 is 4.39 Å². The lowest BCUT2D eigenvalue weighted by molar-refractivity contribution is 0.0537. The van der Waals surface area contributed by atoms with E-state index in [1.165, 1.54) is 6.07 Å². The van der Waals surface area contributed by atoms with Gasteiger partial charge in [-0.2, -0.15) is 0 Å². The average Bonchev–Trinajstić information content (AvgIpc) is 2.44. The van der Waals surface area contributed by atoms with Gasteiger partial charge in [-0.05, 0) is 46.8 Å². The number of nitrogens with zero attached hydrogens (tertiary/aromatic N) is 1. The fourth-order valence-corrected chi connectivity index (χ4v) is 3.45. The topological polar surface area (TPSA) is 15.3 Å². The summed E-state index contributed by atoms with van der Waals surface area (Å²) < 4.78 is 14.3. The third kappa shape index (κ3) is 3.85. The molecule has 0 bridgehead atoms. The van der Waals surface area contributed by atoms with Gasteiger partial charge in [0.25, 0.3) is 0 Å². The van der Waals surface area contributed by atoms with E-state index in [-0.39, 0.29) is 11.4 Å². The maximum Gasteiger partial charge on any atom is 0.137 e. The van der Waals surface area contributed by atoms with Crippen LogP contribution in [-0.4, -0.2) is 29.6 Å². The van der Waals surface area contributed by atoms with Crippen LogP contribution in [0, 0.1) is 11.7 Å². The van der Waals surface area contributed by atoms with Gasteiger partial charge in [-0.1, -0.05) is 32.9 Å². The monoisotopic (exact) mass is 356 g/mol. The molecule has 0 saturated carbocycles. The number of benzene rings is 1. The van der Waals surface area contributed by atoms with Crippen molar-refractivity contribution in [1.29, 1.82) is 0 Å². The van der Waals surface area contributed by atoms with Gasteiger partial charge in [-0.15, -0.1) is 0 Å². The molecule has 0 aliphatic carbocycles. The Labute approximate surface area is 136 Å². The molecule has 2 rings (SSSR count). The Balaban J connectivity index is 2.22. The number of halogens is 2. The van der Waals surface area contributed by atoms with Crippen molar-refractivity contribution in [2.45, 2.75) is 52.2 Å². The minimum Gasteiger partial charge on any atom is -0.309 e. The fourth-order valence-electron chi connectivity index (χ4n) is 3.06. The third-order valence-corrected chi connectivity index (χ3v) is 5.60. The van der Waals surface area contributed by atoms with Crippen molar-refractivity contribution in [3.8, 4) is 0 Å². The predicted molar refractivity (Wildman–Crippen MR) is 89.8 cm³/mol. The highest BCUT2D eigenvalue weighted by Crippen LogP contribution is 2.27. The Morgan fingerprint density at radius 2 is 2.19 bits per heavy atom. The zero-order valence-corrected chi connectivity index (χ0v) is 15.0. The van der Waals surface area contributed by atoms with Crippen LogP contribution in [0.1, 0.15) is 39.7 Å². The number of nitrogens with one attached hydrogen (secondary N) is 1. The van der Waals surface area contributed by atoms with E-state index in [0.29, 0.717) is 16.4 Å². The third-order valence-electron chi connectivity index (χ3n) is 4.71. The standard InChI is InChI=1S/C17H26BrFN2/c1-5-17(4)11-21(15(9-20-17)12(2)3)10-13-7-6-8-14(19)16(13)18/h6-8,12,15,20H,5,9-11H2,1-4H3. The molecule has 1 aromatic rings. The second kappa shape index (κ2) is 6.76. The van der Waals surface area contributed by atoms with Gasteiger partial charge in [-0.25, -0.2) is 4.39 Å². The highest BCUT2D eigenvalue weighted by Gasteiger charge is 2.35. The molecular weight excluding hydrogens is 331 g/mol. The summed E-state index contributed by atoms with van der Waals surface area (Å²) in [6.45, 7) is 11.8. The van der Waals surface area contributed by atoms with Gasteiger partial charge in [0.15, 0.2) is 0 Å². The second-order valence-electron chi connectivity index (χ2n) is 6.72. The van der Waals surface area contributed by atoms with E-state index in [9.17, 15) is 4.39 Å². The molecule has 1 aliphatic rings. The van der Waals surface area contributed by atoms with Gasteiger partial charge >= 0.3 is 0 Å². The number of piperazine rings is 1. The molecule has 2 nitrogen and oxygen atoms in total. The molecule has 2 atom stereocenters. The summed E-state index contributed by atoms with van der Waals surface area (Å²) >= 11 is 3.39. The van der Waals surface area contributed by atoms with Crippen LogP contribution in [0.25, 0.3) is 0 Å². The molecule has 0 radical (unpaired) electrons. The maximum atomic E-state index is 13.7. The van der Waals surface area contributed by atoms with E-state index in [4.69, 9.17) is 0 Å². The largest absolute Gasteiger partial charge is 0.309 e. The zero-order valence-electron chi connectivity index (χ0n) is 13.4. The molecule has 21 heavy (non-hydrogen) atoms. The SMILES string of the molecule is CCC1(C)CN(Cc2cccc(F)c2Br)C(C(C)C)CN1. The van der Waals surface area contributed by atoms with Gasteiger partial charge in [-0.3, -0.25) is 4.90 Å². The Bertz CT molecular complexity index is 492. The zero-order chi connectivity index (χ0) is 15.6. The van der Waals surface area contributed by atoms with E-state index in [1.54, 1.807) is 6.07 Å². The summed E-state index contributed by atoms with van der Waals surface area (Å²) in [5.74, 6) is 0.397. The van der Waals surface area contributed by atoms with Crippen LogP contribution in [0.15, 0.2) is 22.7 Å². The van der Waals surface area contributed by atoms with E-state index in [0.717, 1.165) is 31.6 Å². The lowest BCUT2D eigenvalue weighted by Crippen LogP contribution is -2.63. The molecule has 1 aromatic carbocycles. The van der Waals surface area contributed by atoms with Crippen molar-refractivity contribution in [3.63, 3.8) is 0 Å². The van der Waals surface area contributed by atoms with Crippen LogP contribution in [0.5, 0.6) is 0 Å². The van der Waals surface area contributed by atoms with Crippen molar-refractivity contribution in [2.75, 3.05) is 13.1 Å². The van der Waals surface area contributed by atoms with E-state index >= 15 is 0 Å². The summed E-state index contributed by atoms with van der Waals surface area (Å²) in [5.41, 5.74) is 1.17. The lowest BCUT2D eigenvalue weighted by atomic mass is 9.89. The van der Waals surface area contributed by atoms with Crippen LogP contribution in [0.3, 0.4) is 0 Å². The van der Waals surface area contributed by atoms with Gasteiger partial charge < -0.3 is 5.32 Å². The minimum atomic E-state index is -0.179. The smallest absolute Gasteiger partial charge is 0.137 e. The Morgan fingerprint density at radius 3 is 2.81 bits per heavy atom. The van der Waals surface area contributed by atoms with Crippen molar-refractivity contribution in [2.24, 2.45) is 5.92 Å². The molecule has 1 heterocycles. The highest BCUT2D eigenvalue weighted by atomic mass is 79.9. The van der Waals surface area contributed by atoms with Crippen LogP contribution in [0.2, 0.25) is 0 Å². The van der Waals surface area contributed by atoms with Crippen LogP contribution >= 0.6 is 15.9 Å². The molecule has 1 N–H and O–H groups in total. The normalized spacial score (nSPS) is 27.3. The van der Waals surface area contributed by atoms with Gasteiger partial charge in [0.05, 0.1) is 4.47 Å². The number of rotatable bonds is 4. The number of hydrogen-bond acceptors (Lipinski definition) is 2. The summed E-state index contributed by atoms with van der Waals surface area (Å²) in [6.07, 6.45) is 1.10. The first-order valence-electron chi connectivity index (χ1n) is 7.78. The number of hydrogen-bond donors (Lipinski definition) is 1. The first-order valence-corrected chi connectivity index (χ1v) is 8.57. The summed E-state index contributed by atoms with van der Waals surface area (Å²) in [4.78, 5) is 2.50. The lowest BCUT2D eigenvalue weighted by Gasteiger charge is -2.47. The quantitative estimate of drug-likeness (QED) is 0.869. The Kier molecular flexibility index (Phi) is 5.44. The molecular formula is C17H26BrFN2. The van der Waals surface area contributed by atoms with Crippen molar-refractivity contribution in [1.82, 2.24) is 10.2 Å². The molecule has 1 aliphatic heterocycles. The maximum absolute atomic E-state index is 13.7. The molecule has 0 aromatic heterocycles.